The summed E-state index contributed by atoms with van der Waals surface area (Å²) in [4.78, 5) is 14.8. The van der Waals surface area contributed by atoms with Crippen LogP contribution in [0.1, 0.15) is 21.7 Å². The summed E-state index contributed by atoms with van der Waals surface area (Å²) in [5.74, 6) is -0.921. The molecule has 82 valence electrons. The Bertz CT molecular complexity index is 510. The van der Waals surface area contributed by atoms with E-state index in [1.807, 2.05) is 6.07 Å². The van der Waals surface area contributed by atoms with Crippen LogP contribution in [-0.2, 0) is 6.42 Å². The molecule has 6 heteroatoms. The number of aromatic carboxylic acids is 1. The van der Waals surface area contributed by atoms with Crippen molar-refractivity contribution in [1.82, 2.24) is 10.1 Å². The van der Waals surface area contributed by atoms with Crippen LogP contribution in [0.3, 0.4) is 0 Å². The van der Waals surface area contributed by atoms with Crippen LogP contribution in [-0.4, -0.2) is 21.2 Å². The van der Waals surface area contributed by atoms with Gasteiger partial charge in [0.05, 0.1) is 0 Å². The molecule has 0 saturated carbocycles. The summed E-state index contributed by atoms with van der Waals surface area (Å²) in [6.07, 6.45) is 3.56. The highest BCUT2D eigenvalue weighted by atomic mass is 35.5. The van der Waals surface area contributed by atoms with E-state index >= 15 is 0 Å². The van der Waals surface area contributed by atoms with Gasteiger partial charge in [0.1, 0.15) is 5.56 Å². The molecular weight excluding hydrogens is 232 g/mol. The minimum absolute atomic E-state index is 0.0921. The third kappa shape index (κ3) is 2.04. The van der Waals surface area contributed by atoms with E-state index in [0.29, 0.717) is 6.42 Å². The first-order chi connectivity index (χ1) is 7.68. The number of carbonyl (C=O) groups is 1. The number of halogens is 1. The van der Waals surface area contributed by atoms with Gasteiger partial charge in [-0.25, -0.2) is 4.79 Å². The molecule has 0 aromatic carbocycles. The molecule has 0 aliphatic rings. The lowest BCUT2D eigenvalue weighted by Crippen LogP contribution is -2.00. The molecule has 0 unspecified atom stereocenters. The van der Waals surface area contributed by atoms with Gasteiger partial charge < -0.3 is 9.63 Å². The minimum Gasteiger partial charge on any atom is -0.477 e. The zero-order valence-electron chi connectivity index (χ0n) is 8.05. The Balaban J connectivity index is 2.32. The van der Waals surface area contributed by atoms with Gasteiger partial charge in [0.25, 0.3) is 0 Å². The summed E-state index contributed by atoms with van der Waals surface area (Å²) < 4.78 is 4.87. The van der Waals surface area contributed by atoms with Gasteiger partial charge in [0, 0.05) is 18.8 Å². The van der Waals surface area contributed by atoms with Crippen molar-refractivity contribution < 1.29 is 14.4 Å². The Hall–Kier alpha value is -1.88. The van der Waals surface area contributed by atoms with Crippen LogP contribution < -0.4 is 0 Å². The van der Waals surface area contributed by atoms with Gasteiger partial charge in [0.15, 0.2) is 10.9 Å². The van der Waals surface area contributed by atoms with Crippen molar-refractivity contribution in [3.05, 3.63) is 46.6 Å². The van der Waals surface area contributed by atoms with E-state index in [4.69, 9.17) is 21.2 Å². The molecule has 2 rings (SSSR count). The fraction of sp³-hybridized carbons (Fsp3) is 0.100. The minimum atomic E-state index is -1.15. The van der Waals surface area contributed by atoms with Crippen LogP contribution in [0.2, 0.25) is 5.15 Å². The molecule has 16 heavy (non-hydrogen) atoms. The molecule has 0 radical (unpaired) electrons. The number of carboxylic acid groups (broad SMARTS) is 1. The lowest BCUT2D eigenvalue weighted by Gasteiger charge is -1.97. The highest BCUT2D eigenvalue weighted by molar-refractivity contribution is 6.32. The average Bonchev–Trinajstić information content (AvgIpc) is 2.61. The van der Waals surface area contributed by atoms with E-state index < -0.39 is 5.97 Å². The molecule has 0 aliphatic carbocycles. The highest BCUT2D eigenvalue weighted by Gasteiger charge is 2.21. The summed E-state index contributed by atoms with van der Waals surface area (Å²) in [5, 5.41) is 12.2. The van der Waals surface area contributed by atoms with Crippen LogP contribution in [0.15, 0.2) is 29.0 Å². The number of hydrogen-bond donors (Lipinski definition) is 1. The zero-order valence-corrected chi connectivity index (χ0v) is 8.81. The second kappa shape index (κ2) is 4.32. The fourth-order valence-corrected chi connectivity index (χ4v) is 1.54. The molecule has 0 bridgehead atoms. The summed E-state index contributed by atoms with van der Waals surface area (Å²) >= 11 is 5.60. The van der Waals surface area contributed by atoms with Gasteiger partial charge in [0.2, 0.25) is 0 Å². The van der Waals surface area contributed by atoms with Gasteiger partial charge in [-0.3, -0.25) is 4.98 Å². The number of hydrogen-bond acceptors (Lipinski definition) is 4. The van der Waals surface area contributed by atoms with Crippen molar-refractivity contribution in [3.8, 4) is 0 Å². The molecule has 0 atom stereocenters. The Kier molecular flexibility index (Phi) is 2.87. The van der Waals surface area contributed by atoms with Crippen LogP contribution in [0.25, 0.3) is 0 Å². The van der Waals surface area contributed by atoms with Crippen LogP contribution in [0.5, 0.6) is 0 Å². The topological polar surface area (TPSA) is 76.2 Å². The van der Waals surface area contributed by atoms with E-state index in [1.54, 1.807) is 18.5 Å². The first kappa shape index (κ1) is 10.6. The second-order valence-electron chi connectivity index (χ2n) is 3.11. The summed E-state index contributed by atoms with van der Waals surface area (Å²) in [5.41, 5.74) is 0.739. The molecule has 2 heterocycles. The van der Waals surface area contributed by atoms with E-state index in [1.165, 1.54) is 0 Å². The van der Waals surface area contributed by atoms with Crippen molar-refractivity contribution >= 4 is 17.6 Å². The first-order valence-electron chi connectivity index (χ1n) is 4.44. The third-order valence-corrected chi connectivity index (χ3v) is 2.28. The highest BCUT2D eigenvalue weighted by Crippen LogP contribution is 2.21. The van der Waals surface area contributed by atoms with E-state index in [-0.39, 0.29) is 16.5 Å². The Labute approximate surface area is 95.7 Å². The van der Waals surface area contributed by atoms with Gasteiger partial charge in [-0.2, -0.15) is 0 Å². The monoisotopic (exact) mass is 238 g/mol. The lowest BCUT2D eigenvalue weighted by molar-refractivity contribution is 0.0695. The molecule has 2 aromatic heterocycles. The van der Waals surface area contributed by atoms with Crippen molar-refractivity contribution in [2.45, 2.75) is 6.42 Å². The summed E-state index contributed by atoms with van der Waals surface area (Å²) in [6, 6.07) is 3.57. The van der Waals surface area contributed by atoms with Crippen LogP contribution in [0.4, 0.5) is 0 Å². The Morgan fingerprint density at radius 1 is 1.56 bits per heavy atom. The molecule has 0 fully saturated rings. The summed E-state index contributed by atoms with van der Waals surface area (Å²) in [6.45, 7) is 0. The molecule has 0 saturated heterocycles. The predicted molar refractivity (Wildman–Crippen MR) is 55.5 cm³/mol. The van der Waals surface area contributed by atoms with E-state index in [0.717, 1.165) is 5.56 Å². The smallest absolute Gasteiger partial charge is 0.342 e. The number of rotatable bonds is 3. The molecule has 1 N–H and O–H groups in total. The number of aromatic nitrogens is 2. The maximum Gasteiger partial charge on any atom is 0.342 e. The van der Waals surface area contributed by atoms with Gasteiger partial charge in [-0.05, 0) is 11.6 Å². The van der Waals surface area contributed by atoms with Crippen molar-refractivity contribution in [1.29, 1.82) is 0 Å². The average molecular weight is 239 g/mol. The lowest BCUT2D eigenvalue weighted by atomic mass is 10.1. The first-order valence-corrected chi connectivity index (χ1v) is 4.82. The number of nitrogens with zero attached hydrogens (tertiary/aromatic N) is 2. The molecular formula is C10H7ClN2O3. The maximum absolute atomic E-state index is 10.9. The Morgan fingerprint density at radius 2 is 2.38 bits per heavy atom. The van der Waals surface area contributed by atoms with Crippen molar-refractivity contribution in [2.24, 2.45) is 0 Å². The predicted octanol–water partition coefficient (Wildman–Crippen LogP) is 2.01. The SMILES string of the molecule is O=C(O)c1c(Cl)noc1Cc1cccnc1. The van der Waals surface area contributed by atoms with Crippen LogP contribution in [0, 0.1) is 0 Å². The van der Waals surface area contributed by atoms with E-state index in [9.17, 15) is 4.79 Å². The fourth-order valence-electron chi connectivity index (χ4n) is 1.32. The zero-order chi connectivity index (χ0) is 11.5. The number of pyridine rings is 1. The van der Waals surface area contributed by atoms with Gasteiger partial charge >= 0.3 is 5.97 Å². The number of carboxylic acids is 1. The van der Waals surface area contributed by atoms with Gasteiger partial charge in [-0.1, -0.05) is 22.8 Å². The van der Waals surface area contributed by atoms with Crippen molar-refractivity contribution in [2.75, 3.05) is 0 Å². The molecule has 0 amide bonds. The normalized spacial score (nSPS) is 10.3. The molecule has 0 spiro atoms. The van der Waals surface area contributed by atoms with Crippen molar-refractivity contribution in [3.63, 3.8) is 0 Å². The second-order valence-corrected chi connectivity index (χ2v) is 3.47. The largest absolute Gasteiger partial charge is 0.477 e. The molecule has 0 aliphatic heterocycles. The molecule has 5 nitrogen and oxygen atoms in total. The Morgan fingerprint density at radius 3 is 3.00 bits per heavy atom. The third-order valence-electron chi connectivity index (χ3n) is 2.02. The molecule has 2 aromatic rings. The summed E-state index contributed by atoms with van der Waals surface area (Å²) in [7, 11) is 0. The van der Waals surface area contributed by atoms with E-state index in [2.05, 4.69) is 10.1 Å². The van der Waals surface area contributed by atoms with Crippen LogP contribution >= 0.6 is 11.6 Å². The quantitative estimate of drug-likeness (QED) is 0.885. The van der Waals surface area contributed by atoms with Gasteiger partial charge in [-0.15, -0.1) is 0 Å². The standard InChI is InChI=1S/C10H7ClN2O3/c11-9-8(10(14)15)7(16-13-9)4-6-2-1-3-12-5-6/h1-3,5H,4H2,(H,14,15). The maximum atomic E-state index is 10.9.